The Kier molecular flexibility index (Phi) is 6.74. The summed E-state index contributed by atoms with van der Waals surface area (Å²) in [5.41, 5.74) is 1.62. The minimum Gasteiger partial charge on any atom is -0.476 e. The van der Waals surface area contributed by atoms with Gasteiger partial charge < -0.3 is 9.47 Å². The smallest absolute Gasteiger partial charge is 0.350 e. The van der Waals surface area contributed by atoms with Gasteiger partial charge in [0.05, 0.1) is 5.69 Å². The van der Waals surface area contributed by atoms with Gasteiger partial charge >= 0.3 is 5.97 Å². The summed E-state index contributed by atoms with van der Waals surface area (Å²) in [5.74, 6) is -0.667. The number of ether oxygens (including phenoxy) is 2. The Morgan fingerprint density at radius 3 is 2.43 bits per heavy atom. The second-order valence-electron chi connectivity index (χ2n) is 7.09. The summed E-state index contributed by atoms with van der Waals surface area (Å²) in [6, 6.07) is 14.6. The summed E-state index contributed by atoms with van der Waals surface area (Å²) in [5, 5.41) is 5.49. The summed E-state index contributed by atoms with van der Waals surface area (Å²) in [4.78, 5) is 28.9. The molecule has 156 valence electrons. The van der Waals surface area contributed by atoms with Crippen LogP contribution in [0.5, 0.6) is 5.75 Å². The second-order valence-corrected chi connectivity index (χ2v) is 8.39. The van der Waals surface area contributed by atoms with E-state index in [0.717, 1.165) is 16.8 Å². The number of hydrogen-bond donors (Lipinski definition) is 1. The van der Waals surface area contributed by atoms with E-state index in [-0.39, 0.29) is 0 Å². The van der Waals surface area contributed by atoms with Gasteiger partial charge in [-0.2, -0.15) is 0 Å². The molecule has 2 aromatic carbocycles. The number of carbonyl (C=O) groups excluding carboxylic acids is 2. The molecule has 1 heterocycles. The Hall–Kier alpha value is -2.90. The van der Waals surface area contributed by atoms with Crippen molar-refractivity contribution in [3.63, 3.8) is 0 Å². The average molecular weight is 445 g/mol. The number of aryl methyl sites for hydroxylation is 1. The van der Waals surface area contributed by atoms with E-state index in [0.29, 0.717) is 15.9 Å². The van der Waals surface area contributed by atoms with Gasteiger partial charge in [-0.05, 0) is 45.0 Å². The fraction of sp³-hybridized carbons (Fsp3) is 0.227. The van der Waals surface area contributed by atoms with E-state index in [1.54, 1.807) is 38.1 Å². The number of halogens is 1. The van der Waals surface area contributed by atoms with Gasteiger partial charge in [0.15, 0.2) is 17.3 Å². The molecule has 1 aromatic heterocycles. The molecule has 1 N–H and O–H groups in total. The molecule has 0 aliphatic carbocycles. The second kappa shape index (κ2) is 9.28. The van der Waals surface area contributed by atoms with Crippen molar-refractivity contribution in [1.29, 1.82) is 0 Å². The third-order valence-corrected chi connectivity index (χ3v) is 5.12. The first-order valence-electron chi connectivity index (χ1n) is 9.17. The molecule has 0 bridgehead atoms. The van der Waals surface area contributed by atoms with Crippen molar-refractivity contribution in [3.8, 4) is 17.0 Å². The van der Waals surface area contributed by atoms with E-state index < -0.39 is 24.1 Å². The van der Waals surface area contributed by atoms with Gasteiger partial charge in [0.25, 0.3) is 5.91 Å². The van der Waals surface area contributed by atoms with Gasteiger partial charge in [0.1, 0.15) is 5.75 Å². The van der Waals surface area contributed by atoms with Gasteiger partial charge in [-0.1, -0.05) is 41.4 Å². The minimum atomic E-state index is -1.27. The van der Waals surface area contributed by atoms with Crippen molar-refractivity contribution in [3.05, 3.63) is 64.5 Å². The van der Waals surface area contributed by atoms with E-state index >= 15 is 0 Å². The van der Waals surface area contributed by atoms with Crippen LogP contribution >= 0.6 is 22.9 Å². The third-order valence-electron chi connectivity index (χ3n) is 4.11. The normalized spacial score (nSPS) is 11.1. The standard InChI is InChI=1S/C22H21ClN2O4S/c1-14-4-6-15(7-5-14)18-13-30-21(24-18)25-19(26)12-28-20(27)22(2,3)29-17-10-8-16(23)9-11-17/h4-11,13H,12H2,1-3H3,(H,24,25,26). The summed E-state index contributed by atoms with van der Waals surface area (Å²) < 4.78 is 10.8. The van der Waals surface area contributed by atoms with Crippen LogP contribution in [0.1, 0.15) is 19.4 Å². The highest BCUT2D eigenvalue weighted by molar-refractivity contribution is 7.14. The molecule has 6 nitrogen and oxygen atoms in total. The van der Waals surface area contributed by atoms with Gasteiger partial charge in [0.2, 0.25) is 0 Å². The number of aromatic nitrogens is 1. The van der Waals surface area contributed by atoms with E-state index in [2.05, 4.69) is 10.3 Å². The molecule has 0 aliphatic heterocycles. The maximum absolute atomic E-state index is 12.3. The zero-order valence-electron chi connectivity index (χ0n) is 16.8. The van der Waals surface area contributed by atoms with Gasteiger partial charge in [-0.25, -0.2) is 9.78 Å². The topological polar surface area (TPSA) is 77.5 Å². The number of anilines is 1. The molecule has 0 spiro atoms. The third kappa shape index (κ3) is 5.81. The number of carbonyl (C=O) groups is 2. The number of hydrogen-bond acceptors (Lipinski definition) is 6. The van der Waals surface area contributed by atoms with E-state index in [4.69, 9.17) is 21.1 Å². The van der Waals surface area contributed by atoms with Crippen LogP contribution in [-0.4, -0.2) is 29.1 Å². The first kappa shape index (κ1) is 21.8. The molecular weight excluding hydrogens is 424 g/mol. The quantitative estimate of drug-likeness (QED) is 0.512. The predicted octanol–water partition coefficient (Wildman–Crippen LogP) is 5.11. The highest BCUT2D eigenvalue weighted by atomic mass is 35.5. The summed E-state index contributed by atoms with van der Waals surface area (Å²) in [7, 11) is 0. The van der Waals surface area contributed by atoms with Crippen molar-refractivity contribution < 1.29 is 19.1 Å². The Morgan fingerprint density at radius 1 is 1.10 bits per heavy atom. The van der Waals surface area contributed by atoms with Crippen molar-refractivity contribution >= 4 is 39.9 Å². The molecule has 0 fully saturated rings. The molecule has 3 aromatic rings. The van der Waals surface area contributed by atoms with E-state index in [1.807, 2.05) is 36.6 Å². The predicted molar refractivity (Wildman–Crippen MR) is 118 cm³/mol. The molecule has 0 aliphatic rings. The zero-order valence-corrected chi connectivity index (χ0v) is 18.3. The molecule has 0 saturated carbocycles. The van der Waals surface area contributed by atoms with Crippen LogP contribution in [0, 0.1) is 6.92 Å². The van der Waals surface area contributed by atoms with Gasteiger partial charge in [-0.3, -0.25) is 10.1 Å². The molecule has 0 saturated heterocycles. The maximum Gasteiger partial charge on any atom is 0.350 e. The molecular formula is C22H21ClN2O4S. The van der Waals surface area contributed by atoms with Gasteiger partial charge in [0, 0.05) is 16.0 Å². The maximum atomic E-state index is 12.3. The van der Waals surface area contributed by atoms with Crippen molar-refractivity contribution in [2.45, 2.75) is 26.4 Å². The van der Waals surface area contributed by atoms with Crippen molar-refractivity contribution in [2.75, 3.05) is 11.9 Å². The molecule has 30 heavy (non-hydrogen) atoms. The van der Waals surface area contributed by atoms with E-state index in [1.165, 1.54) is 11.3 Å². The number of nitrogens with zero attached hydrogens (tertiary/aromatic N) is 1. The van der Waals surface area contributed by atoms with Crippen LogP contribution in [0.15, 0.2) is 53.9 Å². The van der Waals surface area contributed by atoms with Gasteiger partial charge in [-0.15, -0.1) is 11.3 Å². The molecule has 3 rings (SSSR count). The summed E-state index contributed by atoms with van der Waals surface area (Å²) >= 11 is 7.14. The molecule has 8 heteroatoms. The number of benzene rings is 2. The number of thiazole rings is 1. The lowest BCUT2D eigenvalue weighted by Gasteiger charge is -2.24. The first-order chi connectivity index (χ1) is 14.2. The van der Waals surface area contributed by atoms with Crippen molar-refractivity contribution in [2.24, 2.45) is 0 Å². The van der Waals surface area contributed by atoms with Crippen LogP contribution in [-0.2, 0) is 14.3 Å². The highest BCUT2D eigenvalue weighted by Gasteiger charge is 2.32. The van der Waals surface area contributed by atoms with E-state index in [9.17, 15) is 9.59 Å². The molecule has 0 radical (unpaired) electrons. The average Bonchev–Trinajstić information content (AvgIpc) is 3.16. The molecule has 0 unspecified atom stereocenters. The lowest BCUT2D eigenvalue weighted by molar-refractivity contribution is -0.161. The van der Waals surface area contributed by atoms with Crippen molar-refractivity contribution in [1.82, 2.24) is 4.98 Å². The monoisotopic (exact) mass is 444 g/mol. The Balaban J connectivity index is 1.52. The van der Waals surface area contributed by atoms with Crippen LogP contribution in [0.4, 0.5) is 5.13 Å². The van der Waals surface area contributed by atoms with Crippen LogP contribution in [0.25, 0.3) is 11.3 Å². The molecule has 1 amide bonds. The minimum absolute atomic E-state index is 0.434. The summed E-state index contributed by atoms with van der Waals surface area (Å²) in [6.45, 7) is 4.71. The number of esters is 1. The lowest BCUT2D eigenvalue weighted by atomic mass is 10.1. The number of amides is 1. The zero-order chi connectivity index (χ0) is 21.7. The Bertz CT molecular complexity index is 1030. The number of nitrogens with one attached hydrogen (secondary N) is 1. The fourth-order valence-corrected chi connectivity index (χ4v) is 3.35. The Morgan fingerprint density at radius 2 is 1.77 bits per heavy atom. The fourth-order valence-electron chi connectivity index (χ4n) is 2.49. The van der Waals surface area contributed by atoms with Crippen LogP contribution in [0.3, 0.4) is 0 Å². The Labute approximate surface area is 183 Å². The van der Waals surface area contributed by atoms with Crippen LogP contribution in [0.2, 0.25) is 5.02 Å². The SMILES string of the molecule is Cc1ccc(-c2csc(NC(=O)COC(=O)C(C)(C)Oc3ccc(Cl)cc3)n2)cc1. The lowest BCUT2D eigenvalue weighted by Crippen LogP contribution is -2.41. The highest BCUT2D eigenvalue weighted by Crippen LogP contribution is 2.25. The molecule has 0 atom stereocenters. The first-order valence-corrected chi connectivity index (χ1v) is 10.4. The largest absolute Gasteiger partial charge is 0.476 e. The van der Waals surface area contributed by atoms with Crippen LogP contribution < -0.4 is 10.1 Å². The number of rotatable bonds is 7. The summed E-state index contributed by atoms with van der Waals surface area (Å²) in [6.07, 6.45) is 0.